The van der Waals surface area contributed by atoms with E-state index in [1.807, 2.05) is 25.4 Å². The third-order valence-electron chi connectivity index (χ3n) is 3.62. The summed E-state index contributed by atoms with van der Waals surface area (Å²) in [5.74, 6) is 0.000824. The van der Waals surface area contributed by atoms with Crippen LogP contribution in [0.3, 0.4) is 0 Å². The van der Waals surface area contributed by atoms with Crippen LogP contribution < -0.4 is 5.32 Å². The van der Waals surface area contributed by atoms with E-state index in [9.17, 15) is 4.79 Å². The van der Waals surface area contributed by atoms with Gasteiger partial charge < -0.3 is 5.32 Å². The van der Waals surface area contributed by atoms with Crippen molar-refractivity contribution in [1.82, 2.24) is 14.9 Å². The molecule has 1 atom stereocenters. The first kappa shape index (κ1) is 16.1. The van der Waals surface area contributed by atoms with E-state index in [1.165, 1.54) is 5.56 Å². The quantitative estimate of drug-likeness (QED) is 0.854. The zero-order chi connectivity index (χ0) is 15.8. The van der Waals surface area contributed by atoms with Crippen LogP contribution in [-0.2, 0) is 4.79 Å². The number of carbonyl (C=O) groups excluding carboxylic acids is 1. The summed E-state index contributed by atoms with van der Waals surface area (Å²) in [5.41, 5.74) is 1.91. The molecule has 0 aliphatic carbocycles. The molecule has 0 saturated carbocycles. The average Bonchev–Trinajstić information content (AvgIpc) is 2.55. The molecule has 0 saturated heterocycles. The van der Waals surface area contributed by atoms with Crippen molar-refractivity contribution in [1.29, 1.82) is 0 Å². The van der Waals surface area contributed by atoms with Crippen LogP contribution in [0.2, 0.25) is 0 Å². The number of anilines is 1. The number of aromatic nitrogens is 2. The minimum Gasteiger partial charge on any atom is -0.325 e. The Bertz CT molecular complexity index is 574. The second kappa shape index (κ2) is 8.24. The summed E-state index contributed by atoms with van der Waals surface area (Å²) in [6.07, 6.45) is 8.42. The van der Waals surface area contributed by atoms with Gasteiger partial charge in [-0.2, -0.15) is 0 Å². The monoisotopic (exact) mass is 298 g/mol. The Morgan fingerprint density at radius 2 is 1.95 bits per heavy atom. The van der Waals surface area contributed by atoms with Gasteiger partial charge in [-0.1, -0.05) is 13.0 Å². The van der Waals surface area contributed by atoms with Gasteiger partial charge in [0.15, 0.2) is 0 Å². The summed E-state index contributed by atoms with van der Waals surface area (Å²) in [4.78, 5) is 22.3. The summed E-state index contributed by atoms with van der Waals surface area (Å²) in [7, 11) is 2.04. The molecule has 22 heavy (non-hydrogen) atoms. The number of nitrogens with zero attached hydrogens (tertiary/aromatic N) is 3. The van der Waals surface area contributed by atoms with E-state index in [0.717, 1.165) is 12.1 Å². The molecule has 0 aliphatic heterocycles. The minimum absolute atomic E-state index is 0.000824. The van der Waals surface area contributed by atoms with Crippen LogP contribution in [0.15, 0.2) is 49.1 Å². The average molecular weight is 298 g/mol. The van der Waals surface area contributed by atoms with Crippen molar-refractivity contribution in [3.63, 3.8) is 0 Å². The van der Waals surface area contributed by atoms with E-state index in [2.05, 4.69) is 33.2 Å². The molecular formula is C17H22N4O. The summed E-state index contributed by atoms with van der Waals surface area (Å²) in [5, 5.41) is 2.85. The molecule has 0 radical (unpaired) electrons. The van der Waals surface area contributed by atoms with Gasteiger partial charge in [0.1, 0.15) is 0 Å². The molecule has 1 N–H and O–H groups in total. The van der Waals surface area contributed by atoms with Gasteiger partial charge in [0.2, 0.25) is 5.91 Å². The molecule has 1 amide bonds. The lowest BCUT2D eigenvalue weighted by atomic mass is 10.1. The first-order chi connectivity index (χ1) is 10.7. The number of hydrogen-bond donors (Lipinski definition) is 1. The van der Waals surface area contributed by atoms with E-state index in [1.54, 1.807) is 24.7 Å². The Morgan fingerprint density at radius 1 is 1.23 bits per heavy atom. The van der Waals surface area contributed by atoms with E-state index in [4.69, 9.17) is 0 Å². The number of carbonyl (C=O) groups is 1. The molecule has 1 unspecified atom stereocenters. The highest BCUT2D eigenvalue weighted by Crippen LogP contribution is 2.21. The zero-order valence-electron chi connectivity index (χ0n) is 13.1. The Labute approximate surface area is 131 Å². The van der Waals surface area contributed by atoms with Crippen LogP contribution in [0.5, 0.6) is 0 Å². The van der Waals surface area contributed by atoms with Crippen LogP contribution in [-0.4, -0.2) is 34.4 Å². The van der Waals surface area contributed by atoms with Gasteiger partial charge in [-0.25, -0.2) is 0 Å². The second-order valence-corrected chi connectivity index (χ2v) is 5.23. The molecule has 2 rings (SSSR count). The first-order valence-electron chi connectivity index (χ1n) is 7.50. The summed E-state index contributed by atoms with van der Waals surface area (Å²) < 4.78 is 0. The van der Waals surface area contributed by atoms with Crippen LogP contribution >= 0.6 is 0 Å². The lowest BCUT2D eigenvalue weighted by Gasteiger charge is -2.27. The van der Waals surface area contributed by atoms with Crippen LogP contribution in [0.1, 0.15) is 31.4 Å². The number of rotatable bonds is 7. The Kier molecular flexibility index (Phi) is 6.03. The Balaban J connectivity index is 1.86. The third kappa shape index (κ3) is 4.63. The van der Waals surface area contributed by atoms with Crippen molar-refractivity contribution in [3.05, 3.63) is 54.6 Å². The maximum atomic E-state index is 12.0. The van der Waals surface area contributed by atoms with E-state index in [0.29, 0.717) is 13.0 Å². The van der Waals surface area contributed by atoms with Crippen LogP contribution in [0.4, 0.5) is 5.69 Å². The number of hydrogen-bond acceptors (Lipinski definition) is 4. The predicted molar refractivity (Wildman–Crippen MR) is 87.4 cm³/mol. The van der Waals surface area contributed by atoms with Gasteiger partial charge in [-0.05, 0) is 37.2 Å². The second-order valence-electron chi connectivity index (χ2n) is 5.23. The molecule has 0 bridgehead atoms. The molecule has 0 aliphatic rings. The fraction of sp³-hybridized carbons (Fsp3) is 0.353. The first-order valence-corrected chi connectivity index (χ1v) is 7.50. The summed E-state index contributed by atoms with van der Waals surface area (Å²) in [6.45, 7) is 2.84. The van der Waals surface area contributed by atoms with Gasteiger partial charge >= 0.3 is 0 Å². The molecule has 0 fully saturated rings. The summed E-state index contributed by atoms with van der Waals surface area (Å²) >= 11 is 0. The van der Waals surface area contributed by atoms with E-state index in [-0.39, 0.29) is 11.9 Å². The van der Waals surface area contributed by atoms with Crippen molar-refractivity contribution in [2.24, 2.45) is 0 Å². The van der Waals surface area contributed by atoms with Gasteiger partial charge in [0.25, 0.3) is 0 Å². The maximum absolute atomic E-state index is 12.0. The molecule has 0 aromatic carbocycles. The smallest absolute Gasteiger partial charge is 0.225 e. The van der Waals surface area contributed by atoms with Crippen molar-refractivity contribution >= 4 is 11.6 Å². The molecular weight excluding hydrogens is 276 g/mol. The molecule has 5 heteroatoms. The van der Waals surface area contributed by atoms with Crippen molar-refractivity contribution in [2.75, 3.05) is 18.9 Å². The lowest BCUT2D eigenvalue weighted by molar-refractivity contribution is -0.116. The topological polar surface area (TPSA) is 58.1 Å². The van der Waals surface area contributed by atoms with Crippen molar-refractivity contribution < 1.29 is 4.79 Å². The normalized spacial score (nSPS) is 12.1. The van der Waals surface area contributed by atoms with Crippen LogP contribution in [0.25, 0.3) is 0 Å². The molecule has 5 nitrogen and oxygen atoms in total. The fourth-order valence-electron chi connectivity index (χ4n) is 2.47. The highest BCUT2D eigenvalue weighted by molar-refractivity contribution is 5.90. The summed E-state index contributed by atoms with van der Waals surface area (Å²) in [6, 6.07) is 7.94. The number of amides is 1. The highest BCUT2D eigenvalue weighted by atomic mass is 16.1. The molecule has 2 aromatic rings. The van der Waals surface area contributed by atoms with Gasteiger partial charge in [0.05, 0.1) is 11.9 Å². The van der Waals surface area contributed by atoms with Crippen LogP contribution in [0, 0.1) is 0 Å². The van der Waals surface area contributed by atoms with Gasteiger partial charge in [0, 0.05) is 37.6 Å². The lowest BCUT2D eigenvalue weighted by Crippen LogP contribution is -2.28. The fourth-order valence-corrected chi connectivity index (χ4v) is 2.47. The Morgan fingerprint density at radius 3 is 2.55 bits per heavy atom. The number of pyridine rings is 2. The Hall–Kier alpha value is -2.27. The van der Waals surface area contributed by atoms with Crippen molar-refractivity contribution in [3.8, 4) is 0 Å². The standard InChI is InChI=1S/C17H22N4O/c1-3-16(14-6-4-9-18-12-14)21(2)11-8-17(22)20-15-7-5-10-19-13-15/h4-7,9-10,12-13,16H,3,8,11H2,1-2H3,(H,20,22). The predicted octanol–water partition coefficient (Wildman–Crippen LogP) is 2.89. The maximum Gasteiger partial charge on any atom is 0.225 e. The SMILES string of the molecule is CCC(c1cccnc1)N(C)CCC(=O)Nc1cccnc1. The minimum atomic E-state index is 0.000824. The number of nitrogens with one attached hydrogen (secondary N) is 1. The third-order valence-corrected chi connectivity index (χ3v) is 3.62. The van der Waals surface area contributed by atoms with E-state index < -0.39 is 0 Å². The molecule has 2 heterocycles. The largest absolute Gasteiger partial charge is 0.325 e. The van der Waals surface area contributed by atoms with Gasteiger partial charge in [-0.15, -0.1) is 0 Å². The van der Waals surface area contributed by atoms with Crippen molar-refractivity contribution in [2.45, 2.75) is 25.8 Å². The highest BCUT2D eigenvalue weighted by Gasteiger charge is 2.16. The molecule has 2 aromatic heterocycles. The molecule has 0 spiro atoms. The van der Waals surface area contributed by atoms with E-state index >= 15 is 0 Å². The van der Waals surface area contributed by atoms with Gasteiger partial charge in [-0.3, -0.25) is 19.7 Å². The zero-order valence-corrected chi connectivity index (χ0v) is 13.1. The molecule has 116 valence electrons.